The minimum absolute atomic E-state index is 0.00288. The summed E-state index contributed by atoms with van der Waals surface area (Å²) in [5, 5.41) is 20.6. The standard InChI is InChI=1S/C17H25N3O4/c1-24-17-10-13(6-7-16(17)20(22)23)19-9-3-4-14(19)11-18-8-2-5-15(18)12-21/h6-7,10,14-15,21H,2-5,8-9,11-12H2,1H3. The van der Waals surface area contributed by atoms with Crippen LogP contribution in [0, 0.1) is 10.1 Å². The van der Waals surface area contributed by atoms with Gasteiger partial charge in [0.25, 0.3) is 0 Å². The average Bonchev–Trinajstić information content (AvgIpc) is 3.23. The Balaban J connectivity index is 1.76. The SMILES string of the molecule is COc1cc(N2CCCC2CN2CCCC2CO)ccc1[N+](=O)[O-]. The van der Waals surface area contributed by atoms with Crippen LogP contribution in [0.3, 0.4) is 0 Å². The van der Waals surface area contributed by atoms with Gasteiger partial charge in [-0.2, -0.15) is 0 Å². The molecule has 132 valence electrons. The van der Waals surface area contributed by atoms with Gasteiger partial charge in [-0.25, -0.2) is 0 Å². The number of anilines is 1. The molecule has 0 spiro atoms. The second-order valence-electron chi connectivity index (χ2n) is 6.58. The maximum absolute atomic E-state index is 11.1. The normalized spacial score (nSPS) is 24.5. The fourth-order valence-electron chi connectivity index (χ4n) is 3.97. The van der Waals surface area contributed by atoms with E-state index in [0.717, 1.165) is 51.0 Å². The molecule has 0 saturated carbocycles. The first kappa shape index (κ1) is 17.0. The Kier molecular flexibility index (Phi) is 5.20. The van der Waals surface area contributed by atoms with Gasteiger partial charge in [0.15, 0.2) is 5.75 Å². The van der Waals surface area contributed by atoms with Crippen molar-refractivity contribution in [1.82, 2.24) is 4.90 Å². The lowest BCUT2D eigenvalue weighted by Gasteiger charge is -2.32. The van der Waals surface area contributed by atoms with E-state index in [1.807, 2.05) is 6.07 Å². The molecule has 0 aliphatic carbocycles. The zero-order valence-electron chi connectivity index (χ0n) is 14.1. The molecule has 1 aromatic carbocycles. The minimum atomic E-state index is -0.417. The quantitative estimate of drug-likeness (QED) is 0.633. The van der Waals surface area contributed by atoms with E-state index in [1.54, 1.807) is 6.07 Å². The number of hydrogen-bond donors (Lipinski definition) is 1. The monoisotopic (exact) mass is 335 g/mol. The van der Waals surface area contributed by atoms with Gasteiger partial charge in [0.1, 0.15) is 0 Å². The first-order valence-corrected chi connectivity index (χ1v) is 8.58. The maximum atomic E-state index is 11.1. The number of likely N-dealkylation sites (tertiary alicyclic amines) is 1. The molecule has 0 aromatic heterocycles. The fraction of sp³-hybridized carbons (Fsp3) is 0.647. The molecule has 0 radical (unpaired) electrons. The zero-order valence-corrected chi connectivity index (χ0v) is 14.1. The summed E-state index contributed by atoms with van der Waals surface area (Å²) in [6.45, 7) is 3.14. The fourth-order valence-corrected chi connectivity index (χ4v) is 3.97. The van der Waals surface area contributed by atoms with Crippen molar-refractivity contribution in [2.45, 2.75) is 37.8 Å². The lowest BCUT2D eigenvalue weighted by molar-refractivity contribution is -0.385. The molecular formula is C17H25N3O4. The van der Waals surface area contributed by atoms with E-state index in [4.69, 9.17) is 4.74 Å². The Morgan fingerprint density at radius 3 is 2.75 bits per heavy atom. The van der Waals surface area contributed by atoms with Crippen LogP contribution < -0.4 is 9.64 Å². The van der Waals surface area contributed by atoms with Gasteiger partial charge in [0, 0.05) is 43.0 Å². The van der Waals surface area contributed by atoms with Crippen molar-refractivity contribution in [2.24, 2.45) is 0 Å². The highest BCUT2D eigenvalue weighted by Gasteiger charge is 2.32. The largest absolute Gasteiger partial charge is 0.490 e. The molecule has 0 amide bonds. The van der Waals surface area contributed by atoms with Gasteiger partial charge in [-0.3, -0.25) is 15.0 Å². The Morgan fingerprint density at radius 2 is 2.04 bits per heavy atom. The molecule has 2 saturated heterocycles. The van der Waals surface area contributed by atoms with Crippen molar-refractivity contribution in [3.8, 4) is 5.75 Å². The van der Waals surface area contributed by atoms with E-state index in [1.165, 1.54) is 13.2 Å². The molecule has 7 heteroatoms. The third kappa shape index (κ3) is 3.32. The second kappa shape index (κ2) is 7.36. The highest BCUT2D eigenvalue weighted by molar-refractivity contribution is 5.60. The molecule has 7 nitrogen and oxygen atoms in total. The van der Waals surface area contributed by atoms with Crippen LogP contribution in [0.2, 0.25) is 0 Å². The number of benzene rings is 1. The number of nitrogens with zero attached hydrogens (tertiary/aromatic N) is 3. The first-order chi connectivity index (χ1) is 11.6. The summed E-state index contributed by atoms with van der Waals surface area (Å²) in [7, 11) is 1.46. The maximum Gasteiger partial charge on any atom is 0.311 e. The number of methoxy groups -OCH3 is 1. The number of hydrogen-bond acceptors (Lipinski definition) is 6. The van der Waals surface area contributed by atoms with Crippen LogP contribution in [-0.2, 0) is 0 Å². The Bertz CT molecular complexity index is 595. The number of aliphatic hydroxyl groups excluding tert-OH is 1. The summed E-state index contributed by atoms with van der Waals surface area (Å²) in [5.41, 5.74) is 0.969. The van der Waals surface area contributed by atoms with Gasteiger partial charge in [-0.1, -0.05) is 0 Å². The highest BCUT2D eigenvalue weighted by Crippen LogP contribution is 2.35. The summed E-state index contributed by atoms with van der Waals surface area (Å²) in [4.78, 5) is 15.3. The van der Waals surface area contributed by atoms with Crippen LogP contribution >= 0.6 is 0 Å². The van der Waals surface area contributed by atoms with Crippen molar-refractivity contribution in [3.63, 3.8) is 0 Å². The zero-order chi connectivity index (χ0) is 17.1. The predicted octanol–water partition coefficient (Wildman–Crippen LogP) is 2.03. The van der Waals surface area contributed by atoms with Gasteiger partial charge < -0.3 is 14.7 Å². The molecule has 24 heavy (non-hydrogen) atoms. The van der Waals surface area contributed by atoms with Crippen LogP contribution in [-0.4, -0.2) is 60.4 Å². The Labute approximate surface area is 142 Å². The first-order valence-electron chi connectivity index (χ1n) is 8.58. The summed E-state index contributed by atoms with van der Waals surface area (Å²) < 4.78 is 5.20. The molecular weight excluding hydrogens is 310 g/mol. The van der Waals surface area contributed by atoms with Gasteiger partial charge in [0.05, 0.1) is 18.6 Å². The molecule has 2 aliphatic heterocycles. The second-order valence-corrected chi connectivity index (χ2v) is 6.58. The molecule has 2 fully saturated rings. The number of nitro groups is 1. The molecule has 1 aromatic rings. The van der Waals surface area contributed by atoms with Crippen LogP contribution in [0.1, 0.15) is 25.7 Å². The van der Waals surface area contributed by atoms with Gasteiger partial charge in [-0.15, -0.1) is 0 Å². The van der Waals surface area contributed by atoms with Crippen molar-refractivity contribution >= 4 is 11.4 Å². The molecule has 2 unspecified atom stereocenters. The lowest BCUT2D eigenvalue weighted by atomic mass is 10.1. The average molecular weight is 335 g/mol. The number of aliphatic hydroxyl groups is 1. The molecule has 2 atom stereocenters. The van der Waals surface area contributed by atoms with E-state index in [2.05, 4.69) is 9.80 Å². The van der Waals surface area contributed by atoms with E-state index in [-0.39, 0.29) is 18.3 Å². The van der Waals surface area contributed by atoms with Crippen molar-refractivity contribution in [2.75, 3.05) is 38.3 Å². The van der Waals surface area contributed by atoms with E-state index in [9.17, 15) is 15.2 Å². The van der Waals surface area contributed by atoms with E-state index in [0.29, 0.717) is 11.8 Å². The van der Waals surface area contributed by atoms with Crippen LogP contribution in [0.4, 0.5) is 11.4 Å². The van der Waals surface area contributed by atoms with Crippen LogP contribution in [0.15, 0.2) is 18.2 Å². The van der Waals surface area contributed by atoms with Crippen molar-refractivity contribution in [3.05, 3.63) is 28.3 Å². The molecule has 0 bridgehead atoms. The molecule has 1 N–H and O–H groups in total. The van der Waals surface area contributed by atoms with Crippen molar-refractivity contribution in [1.29, 1.82) is 0 Å². The molecule has 3 rings (SSSR count). The lowest BCUT2D eigenvalue weighted by Crippen LogP contribution is -2.43. The third-order valence-corrected chi connectivity index (χ3v) is 5.22. The highest BCUT2D eigenvalue weighted by atomic mass is 16.6. The summed E-state index contributed by atoms with van der Waals surface area (Å²) >= 11 is 0. The number of rotatable bonds is 6. The summed E-state index contributed by atoms with van der Waals surface area (Å²) in [5.74, 6) is 0.303. The van der Waals surface area contributed by atoms with E-state index >= 15 is 0 Å². The summed E-state index contributed by atoms with van der Waals surface area (Å²) in [6.07, 6.45) is 4.42. The topological polar surface area (TPSA) is 79.1 Å². The summed E-state index contributed by atoms with van der Waals surface area (Å²) in [6, 6.07) is 5.76. The van der Waals surface area contributed by atoms with Gasteiger partial charge >= 0.3 is 5.69 Å². The molecule has 2 aliphatic rings. The number of nitro benzene ring substituents is 1. The van der Waals surface area contributed by atoms with Gasteiger partial charge in [0.2, 0.25) is 0 Å². The van der Waals surface area contributed by atoms with E-state index < -0.39 is 4.92 Å². The minimum Gasteiger partial charge on any atom is -0.490 e. The number of ether oxygens (including phenoxy) is 1. The Morgan fingerprint density at radius 1 is 1.29 bits per heavy atom. The predicted molar refractivity (Wildman–Crippen MR) is 91.7 cm³/mol. The smallest absolute Gasteiger partial charge is 0.311 e. The van der Waals surface area contributed by atoms with Crippen LogP contribution in [0.5, 0.6) is 5.75 Å². The van der Waals surface area contributed by atoms with Crippen LogP contribution in [0.25, 0.3) is 0 Å². The molecule has 2 heterocycles. The third-order valence-electron chi connectivity index (χ3n) is 5.22. The van der Waals surface area contributed by atoms with Gasteiger partial charge in [-0.05, 0) is 38.3 Å². The Hall–Kier alpha value is -1.86. The van der Waals surface area contributed by atoms with Crippen molar-refractivity contribution < 1.29 is 14.8 Å².